The summed E-state index contributed by atoms with van der Waals surface area (Å²) in [6.45, 7) is 9.84. The summed E-state index contributed by atoms with van der Waals surface area (Å²) in [5, 5.41) is 2.10. The van der Waals surface area contributed by atoms with Gasteiger partial charge in [0.2, 0.25) is 0 Å². The monoisotopic (exact) mass is 487 g/mol. The molecule has 186 valence electrons. The van der Waals surface area contributed by atoms with E-state index in [9.17, 15) is 4.79 Å². The molecule has 4 aromatic rings. The summed E-state index contributed by atoms with van der Waals surface area (Å²) in [5.74, 6) is -0.152. The van der Waals surface area contributed by atoms with Crippen LogP contribution >= 0.6 is 0 Å². The first-order chi connectivity index (χ1) is 17.2. The molecule has 0 N–H and O–H groups in total. The molecule has 2 heterocycles. The van der Waals surface area contributed by atoms with Crippen molar-refractivity contribution in [1.82, 2.24) is 4.98 Å². The molecular weight excluding hydrogens is 457 g/mol. The van der Waals surface area contributed by atoms with Gasteiger partial charge in [-0.1, -0.05) is 24.3 Å². The summed E-state index contributed by atoms with van der Waals surface area (Å²) in [6.07, 6.45) is 1.45. The van der Waals surface area contributed by atoms with Crippen molar-refractivity contribution in [3.63, 3.8) is 0 Å². The molecule has 0 spiro atoms. The Morgan fingerprint density at radius 2 is 1.89 bits per heavy atom. The molecule has 3 aromatic carbocycles. The largest absolute Gasteiger partial charge is 0.493 e. The van der Waals surface area contributed by atoms with E-state index in [-0.39, 0.29) is 12.4 Å². The standard InChI is InChI=1S/C30H30FNO4/c1-6-34-29(33)28(36-30(3,4)5)23-17(2)26(31)20-10-8-7-9-19(20)25(23)21-11-12-22-24-18(14-16-35-22)13-15-32-27(21)24/h7-13,15,28H,6,14,16H2,1-5H3. The zero-order valence-corrected chi connectivity index (χ0v) is 21.3. The number of hydrogen-bond donors (Lipinski definition) is 0. The number of carbonyl (C=O) groups is 1. The van der Waals surface area contributed by atoms with Gasteiger partial charge in [0.05, 0.1) is 24.3 Å². The van der Waals surface area contributed by atoms with Crippen LogP contribution in [-0.2, 0) is 20.7 Å². The number of ether oxygens (including phenoxy) is 3. The number of halogens is 1. The molecule has 1 aliphatic heterocycles. The van der Waals surface area contributed by atoms with E-state index in [0.717, 1.165) is 34.2 Å². The molecule has 1 unspecified atom stereocenters. The lowest BCUT2D eigenvalue weighted by Crippen LogP contribution is -2.30. The second-order valence-electron chi connectivity index (χ2n) is 10.0. The van der Waals surface area contributed by atoms with Crippen LogP contribution in [0, 0.1) is 12.7 Å². The number of aromatic nitrogens is 1. The lowest BCUT2D eigenvalue weighted by atomic mass is 9.85. The fourth-order valence-corrected chi connectivity index (χ4v) is 5.06. The maximum absolute atomic E-state index is 15.9. The van der Waals surface area contributed by atoms with Crippen LogP contribution in [0.2, 0.25) is 0 Å². The van der Waals surface area contributed by atoms with Gasteiger partial charge >= 0.3 is 5.97 Å². The lowest BCUT2D eigenvalue weighted by Gasteiger charge is -2.30. The number of rotatable bonds is 5. The van der Waals surface area contributed by atoms with Crippen LogP contribution in [0.25, 0.3) is 32.8 Å². The topological polar surface area (TPSA) is 57.7 Å². The molecule has 0 bridgehead atoms. The maximum Gasteiger partial charge on any atom is 0.339 e. The van der Waals surface area contributed by atoms with Crippen molar-refractivity contribution in [3.8, 4) is 16.9 Å². The summed E-state index contributed by atoms with van der Waals surface area (Å²) in [7, 11) is 0. The van der Waals surface area contributed by atoms with E-state index in [1.165, 1.54) is 0 Å². The number of pyridine rings is 1. The van der Waals surface area contributed by atoms with Crippen molar-refractivity contribution in [1.29, 1.82) is 0 Å². The maximum atomic E-state index is 15.9. The fourth-order valence-electron chi connectivity index (χ4n) is 5.06. The Labute approximate surface area is 210 Å². The Morgan fingerprint density at radius 1 is 1.14 bits per heavy atom. The first kappa shape index (κ1) is 24.2. The van der Waals surface area contributed by atoms with Gasteiger partial charge in [0.15, 0.2) is 6.10 Å². The highest BCUT2D eigenvalue weighted by molar-refractivity contribution is 6.09. The number of benzene rings is 3. The number of fused-ring (bicyclic) bond motifs is 1. The Hall–Kier alpha value is -3.51. The fraction of sp³-hybridized carbons (Fsp3) is 0.333. The number of hydrogen-bond acceptors (Lipinski definition) is 5. The average Bonchev–Trinajstić information content (AvgIpc) is 2.85. The van der Waals surface area contributed by atoms with E-state index in [0.29, 0.717) is 34.1 Å². The number of esters is 1. The van der Waals surface area contributed by atoms with E-state index in [4.69, 9.17) is 19.2 Å². The summed E-state index contributed by atoms with van der Waals surface area (Å²) in [5.41, 5.74) is 3.54. The minimum absolute atomic E-state index is 0.188. The van der Waals surface area contributed by atoms with Crippen molar-refractivity contribution in [2.45, 2.75) is 52.7 Å². The highest BCUT2D eigenvalue weighted by atomic mass is 19.1. The Balaban J connectivity index is 1.92. The smallest absolute Gasteiger partial charge is 0.339 e. The molecule has 0 amide bonds. The van der Waals surface area contributed by atoms with Gasteiger partial charge in [0.25, 0.3) is 0 Å². The van der Waals surface area contributed by atoms with Crippen LogP contribution < -0.4 is 4.74 Å². The molecule has 0 aliphatic carbocycles. The molecule has 0 saturated heterocycles. The van der Waals surface area contributed by atoms with Gasteiger partial charge in [0.1, 0.15) is 11.6 Å². The van der Waals surface area contributed by atoms with Crippen LogP contribution in [0.3, 0.4) is 0 Å². The third-order valence-corrected chi connectivity index (χ3v) is 6.51. The van der Waals surface area contributed by atoms with Gasteiger partial charge in [-0.15, -0.1) is 0 Å². The summed E-state index contributed by atoms with van der Waals surface area (Å²) < 4.78 is 33.5. The molecule has 1 aliphatic rings. The van der Waals surface area contributed by atoms with E-state index in [1.54, 1.807) is 26.1 Å². The minimum Gasteiger partial charge on any atom is -0.493 e. The van der Waals surface area contributed by atoms with Crippen molar-refractivity contribution in [3.05, 3.63) is 71.2 Å². The van der Waals surface area contributed by atoms with Gasteiger partial charge < -0.3 is 14.2 Å². The van der Waals surface area contributed by atoms with Crippen LogP contribution in [0.5, 0.6) is 5.75 Å². The van der Waals surface area contributed by atoms with Gasteiger partial charge in [-0.3, -0.25) is 4.98 Å². The molecule has 6 heteroatoms. The van der Waals surface area contributed by atoms with Gasteiger partial charge in [-0.2, -0.15) is 0 Å². The second kappa shape index (κ2) is 9.17. The molecule has 5 nitrogen and oxygen atoms in total. The molecule has 1 aromatic heterocycles. The normalized spacial score (nSPS) is 14.1. The van der Waals surface area contributed by atoms with E-state index >= 15 is 4.39 Å². The lowest BCUT2D eigenvalue weighted by molar-refractivity contribution is -0.166. The number of nitrogens with zero attached hydrogens (tertiary/aromatic N) is 1. The molecule has 0 radical (unpaired) electrons. The molecule has 1 atom stereocenters. The average molecular weight is 488 g/mol. The minimum atomic E-state index is -1.12. The molecule has 5 rings (SSSR count). The summed E-state index contributed by atoms with van der Waals surface area (Å²) in [4.78, 5) is 18.1. The number of carbonyl (C=O) groups excluding carboxylic acids is 1. The molecule has 0 saturated carbocycles. The molecular formula is C30H30FNO4. The van der Waals surface area contributed by atoms with Crippen molar-refractivity contribution >= 4 is 27.6 Å². The van der Waals surface area contributed by atoms with Gasteiger partial charge in [0, 0.05) is 34.5 Å². The highest BCUT2D eigenvalue weighted by Crippen LogP contribution is 2.46. The SMILES string of the molecule is CCOC(=O)C(OC(C)(C)C)c1c(C)c(F)c2ccccc2c1-c1ccc2c3c(ccnc13)CCO2. The van der Waals surface area contributed by atoms with Crippen LogP contribution in [0.15, 0.2) is 48.7 Å². The summed E-state index contributed by atoms with van der Waals surface area (Å²) in [6, 6.07) is 13.2. The first-order valence-electron chi connectivity index (χ1n) is 12.3. The second-order valence-corrected chi connectivity index (χ2v) is 10.0. The summed E-state index contributed by atoms with van der Waals surface area (Å²) >= 11 is 0. The van der Waals surface area contributed by atoms with E-state index < -0.39 is 17.7 Å². The Kier molecular flexibility index (Phi) is 6.17. The quantitative estimate of drug-likeness (QED) is 0.288. The van der Waals surface area contributed by atoms with Crippen LogP contribution in [-0.4, -0.2) is 29.8 Å². The van der Waals surface area contributed by atoms with Crippen molar-refractivity contribution in [2.24, 2.45) is 0 Å². The third kappa shape index (κ3) is 4.09. The highest BCUT2D eigenvalue weighted by Gasteiger charge is 2.35. The van der Waals surface area contributed by atoms with E-state index in [2.05, 4.69) is 0 Å². The first-order valence-corrected chi connectivity index (χ1v) is 12.3. The van der Waals surface area contributed by atoms with Crippen LogP contribution in [0.1, 0.15) is 50.5 Å². The molecule has 0 fully saturated rings. The van der Waals surface area contributed by atoms with Crippen molar-refractivity contribution < 1.29 is 23.4 Å². The zero-order valence-electron chi connectivity index (χ0n) is 21.3. The zero-order chi connectivity index (χ0) is 25.6. The van der Waals surface area contributed by atoms with Crippen molar-refractivity contribution in [2.75, 3.05) is 13.2 Å². The third-order valence-electron chi connectivity index (χ3n) is 6.51. The Bertz CT molecular complexity index is 1480. The van der Waals surface area contributed by atoms with Gasteiger partial charge in [-0.05, 0) is 74.9 Å². The van der Waals surface area contributed by atoms with Gasteiger partial charge in [-0.25, -0.2) is 9.18 Å². The van der Waals surface area contributed by atoms with E-state index in [1.807, 2.05) is 57.2 Å². The Morgan fingerprint density at radius 3 is 2.61 bits per heavy atom. The predicted molar refractivity (Wildman–Crippen MR) is 139 cm³/mol. The molecule has 36 heavy (non-hydrogen) atoms. The predicted octanol–water partition coefficient (Wildman–Crippen LogP) is 6.86. The van der Waals surface area contributed by atoms with Crippen LogP contribution in [0.4, 0.5) is 4.39 Å².